The molecule has 2 fully saturated rings. The van der Waals surface area contributed by atoms with Crippen molar-refractivity contribution in [2.24, 2.45) is 11.3 Å². The number of carbonyl (C=O) groups excluding carboxylic acids is 1. The second-order valence-corrected chi connectivity index (χ2v) is 8.50. The molecule has 0 amide bonds. The average molecular weight is 368 g/mol. The van der Waals surface area contributed by atoms with Gasteiger partial charge in [0, 0.05) is 12.0 Å². The van der Waals surface area contributed by atoms with Gasteiger partial charge in [0.25, 0.3) is 6.47 Å². The van der Waals surface area contributed by atoms with Crippen molar-refractivity contribution in [3.63, 3.8) is 0 Å². The van der Waals surface area contributed by atoms with Crippen LogP contribution in [0.4, 0.5) is 0 Å². The molecule has 3 nitrogen and oxygen atoms in total. The van der Waals surface area contributed by atoms with Gasteiger partial charge in [-0.15, -0.1) is 6.58 Å². The molecule has 1 aliphatic heterocycles. The molecular weight excluding hydrogens is 334 g/mol. The van der Waals surface area contributed by atoms with E-state index in [1.807, 2.05) is 6.08 Å². The molecule has 0 radical (unpaired) electrons. The van der Waals surface area contributed by atoms with Gasteiger partial charge in [-0.25, -0.2) is 0 Å². The van der Waals surface area contributed by atoms with Crippen molar-refractivity contribution in [2.45, 2.75) is 51.5 Å². The highest BCUT2D eigenvalue weighted by atomic mass is 16.5. The fourth-order valence-electron chi connectivity index (χ4n) is 4.91. The standard InChI is InChI=1S/C24H33NO2/c1-4-24(17-27-18-26)12-11-22(19(2)3)23(15-24)21-9-7-20(8-10-21)16-25-13-5-6-14-25/h4,7-10,18,22-23H,1-2,5-6,11-17H2,3H3/t22-,23-,24-/m0/s1. The van der Waals surface area contributed by atoms with E-state index in [1.165, 1.54) is 42.6 Å². The van der Waals surface area contributed by atoms with Crippen LogP contribution >= 0.6 is 0 Å². The third kappa shape index (κ3) is 4.70. The summed E-state index contributed by atoms with van der Waals surface area (Å²) in [7, 11) is 0. The van der Waals surface area contributed by atoms with Crippen molar-refractivity contribution >= 4 is 6.47 Å². The van der Waals surface area contributed by atoms with Gasteiger partial charge in [-0.1, -0.05) is 42.5 Å². The maximum atomic E-state index is 10.7. The van der Waals surface area contributed by atoms with Crippen molar-refractivity contribution in [1.29, 1.82) is 0 Å². The number of ether oxygens (including phenoxy) is 1. The fourth-order valence-corrected chi connectivity index (χ4v) is 4.91. The summed E-state index contributed by atoms with van der Waals surface area (Å²) in [5, 5.41) is 0. The van der Waals surface area contributed by atoms with Gasteiger partial charge in [0.15, 0.2) is 0 Å². The number of nitrogens with zero attached hydrogens (tertiary/aromatic N) is 1. The molecule has 0 aromatic heterocycles. The maximum absolute atomic E-state index is 10.7. The van der Waals surface area contributed by atoms with E-state index in [4.69, 9.17) is 4.74 Å². The van der Waals surface area contributed by atoms with Crippen molar-refractivity contribution in [3.8, 4) is 0 Å². The van der Waals surface area contributed by atoms with E-state index in [0.717, 1.165) is 25.8 Å². The van der Waals surface area contributed by atoms with Gasteiger partial charge in [0.05, 0.1) is 0 Å². The van der Waals surface area contributed by atoms with Crippen molar-refractivity contribution in [1.82, 2.24) is 4.90 Å². The lowest BCUT2D eigenvalue weighted by atomic mass is 9.62. The average Bonchev–Trinajstić information content (AvgIpc) is 3.19. The van der Waals surface area contributed by atoms with E-state index in [9.17, 15) is 4.79 Å². The molecule has 3 heteroatoms. The lowest BCUT2D eigenvalue weighted by Crippen LogP contribution is -2.35. The minimum absolute atomic E-state index is 0.133. The van der Waals surface area contributed by atoms with Crippen LogP contribution in [0.3, 0.4) is 0 Å². The van der Waals surface area contributed by atoms with Crippen LogP contribution in [0.1, 0.15) is 56.1 Å². The van der Waals surface area contributed by atoms with Crippen LogP contribution in [-0.2, 0) is 16.1 Å². The van der Waals surface area contributed by atoms with Crippen LogP contribution in [0.5, 0.6) is 0 Å². The Morgan fingerprint density at radius 2 is 2.00 bits per heavy atom. The zero-order valence-electron chi connectivity index (χ0n) is 16.7. The number of hydrogen-bond donors (Lipinski definition) is 0. The first kappa shape index (κ1) is 19.9. The lowest BCUT2D eigenvalue weighted by Gasteiger charge is -2.43. The highest BCUT2D eigenvalue weighted by Gasteiger charge is 2.40. The van der Waals surface area contributed by atoms with Crippen molar-refractivity contribution in [2.75, 3.05) is 19.7 Å². The summed E-state index contributed by atoms with van der Waals surface area (Å²) in [5.74, 6) is 0.865. The third-order valence-electron chi connectivity index (χ3n) is 6.58. The smallest absolute Gasteiger partial charge is 0.293 e. The minimum atomic E-state index is -0.133. The van der Waals surface area contributed by atoms with Gasteiger partial charge in [-0.05, 0) is 75.1 Å². The zero-order chi connectivity index (χ0) is 19.3. The molecule has 0 unspecified atom stereocenters. The molecule has 27 heavy (non-hydrogen) atoms. The molecular formula is C24H33NO2. The molecule has 3 atom stereocenters. The Morgan fingerprint density at radius 3 is 2.59 bits per heavy atom. The number of allylic oxidation sites excluding steroid dienone is 1. The van der Waals surface area contributed by atoms with Gasteiger partial charge < -0.3 is 4.74 Å². The van der Waals surface area contributed by atoms with E-state index in [-0.39, 0.29) is 5.41 Å². The predicted octanol–water partition coefficient (Wildman–Crippen LogP) is 5.09. The molecule has 1 heterocycles. The molecule has 0 bridgehead atoms. The maximum Gasteiger partial charge on any atom is 0.293 e. The molecule has 1 aromatic rings. The highest BCUT2D eigenvalue weighted by molar-refractivity contribution is 5.37. The number of rotatable bonds is 8. The van der Waals surface area contributed by atoms with Crippen LogP contribution in [0.2, 0.25) is 0 Å². The summed E-state index contributed by atoms with van der Waals surface area (Å²) < 4.78 is 5.16. The summed E-state index contributed by atoms with van der Waals surface area (Å²) >= 11 is 0. The van der Waals surface area contributed by atoms with E-state index < -0.39 is 0 Å². The SMILES string of the molecule is C=C[C@]1(COC=O)CC[C@@H](C(=C)C)[C@H](c2ccc(CN3CCCC3)cc2)C1. The van der Waals surface area contributed by atoms with Crippen LogP contribution in [0.15, 0.2) is 49.1 Å². The van der Waals surface area contributed by atoms with Crippen molar-refractivity contribution in [3.05, 3.63) is 60.2 Å². The van der Waals surface area contributed by atoms with Gasteiger partial charge in [-0.2, -0.15) is 0 Å². The largest absolute Gasteiger partial charge is 0.467 e. The van der Waals surface area contributed by atoms with Gasteiger partial charge >= 0.3 is 0 Å². The summed E-state index contributed by atoms with van der Waals surface area (Å²) in [6, 6.07) is 9.17. The summed E-state index contributed by atoms with van der Waals surface area (Å²) in [6.07, 6.45) is 7.66. The topological polar surface area (TPSA) is 29.5 Å². The van der Waals surface area contributed by atoms with E-state index in [1.54, 1.807) is 0 Å². The Labute approximate surface area is 164 Å². The lowest BCUT2D eigenvalue weighted by molar-refractivity contribution is -0.132. The number of likely N-dealkylation sites (tertiary alicyclic amines) is 1. The molecule has 3 rings (SSSR count). The number of hydrogen-bond acceptors (Lipinski definition) is 3. The summed E-state index contributed by atoms with van der Waals surface area (Å²) in [5.41, 5.74) is 3.87. The Hall–Kier alpha value is -1.87. The van der Waals surface area contributed by atoms with E-state index in [2.05, 4.69) is 49.2 Å². The minimum Gasteiger partial charge on any atom is -0.467 e. The molecule has 1 aromatic carbocycles. The normalized spacial score (nSPS) is 28.6. The second kappa shape index (κ2) is 8.88. The second-order valence-electron chi connectivity index (χ2n) is 8.50. The molecule has 146 valence electrons. The van der Waals surface area contributed by atoms with Crippen molar-refractivity contribution < 1.29 is 9.53 Å². The van der Waals surface area contributed by atoms with Gasteiger partial charge in [-0.3, -0.25) is 9.69 Å². The van der Waals surface area contributed by atoms with Gasteiger partial charge in [0.1, 0.15) is 6.61 Å². The van der Waals surface area contributed by atoms with Crippen LogP contribution in [0, 0.1) is 11.3 Å². The monoisotopic (exact) mass is 367 g/mol. The van der Waals surface area contributed by atoms with Gasteiger partial charge in [0.2, 0.25) is 0 Å². The Balaban J connectivity index is 1.77. The number of carbonyl (C=O) groups is 1. The Kier molecular flexibility index (Phi) is 6.54. The molecule has 1 saturated carbocycles. The fraction of sp³-hybridized carbons (Fsp3) is 0.542. The summed E-state index contributed by atoms with van der Waals surface area (Å²) in [4.78, 5) is 13.3. The van der Waals surface area contributed by atoms with Crippen LogP contribution in [0.25, 0.3) is 0 Å². The van der Waals surface area contributed by atoms with E-state index >= 15 is 0 Å². The third-order valence-corrected chi connectivity index (χ3v) is 6.58. The first-order valence-corrected chi connectivity index (χ1v) is 10.2. The molecule has 2 aliphatic rings. The first-order valence-electron chi connectivity index (χ1n) is 10.2. The molecule has 0 N–H and O–H groups in total. The van der Waals surface area contributed by atoms with Crippen LogP contribution < -0.4 is 0 Å². The highest BCUT2D eigenvalue weighted by Crippen LogP contribution is 2.50. The molecule has 0 spiro atoms. The predicted molar refractivity (Wildman–Crippen MR) is 110 cm³/mol. The summed E-state index contributed by atoms with van der Waals surface area (Å²) in [6.45, 7) is 14.9. The zero-order valence-corrected chi connectivity index (χ0v) is 16.7. The quantitative estimate of drug-likeness (QED) is 0.473. The molecule has 1 saturated heterocycles. The van der Waals surface area contributed by atoms with Crippen LogP contribution in [-0.4, -0.2) is 31.1 Å². The molecule has 1 aliphatic carbocycles. The Bertz CT molecular complexity index is 659. The number of benzene rings is 1. The van der Waals surface area contributed by atoms with E-state index in [0.29, 0.717) is 24.9 Å². The first-order chi connectivity index (χ1) is 13.1. The Morgan fingerprint density at radius 1 is 1.30 bits per heavy atom.